The van der Waals surface area contributed by atoms with Gasteiger partial charge in [-0.2, -0.15) is 4.98 Å². The predicted molar refractivity (Wildman–Crippen MR) is 95.9 cm³/mol. The van der Waals surface area contributed by atoms with E-state index in [1.165, 1.54) is 30.5 Å². The molecule has 3 rings (SSSR count). The molecular formula is C18H15ClF2N4. The van der Waals surface area contributed by atoms with E-state index in [-0.39, 0.29) is 17.5 Å². The molecule has 0 amide bonds. The summed E-state index contributed by atoms with van der Waals surface area (Å²) in [7, 11) is 0. The van der Waals surface area contributed by atoms with Gasteiger partial charge in [0.2, 0.25) is 5.95 Å². The number of aromatic nitrogens is 2. The molecule has 0 saturated carbocycles. The highest BCUT2D eigenvalue weighted by molar-refractivity contribution is 6.33. The number of nitrogens with one attached hydrogen (secondary N) is 2. The molecule has 1 heterocycles. The number of halogens is 3. The second-order valence-corrected chi connectivity index (χ2v) is 5.96. The van der Waals surface area contributed by atoms with Gasteiger partial charge < -0.3 is 10.6 Å². The first-order valence-electron chi connectivity index (χ1n) is 7.52. The molecule has 0 aliphatic heterocycles. The molecule has 1 aromatic heterocycles. The summed E-state index contributed by atoms with van der Waals surface area (Å²) in [6, 6.07) is 8.95. The van der Waals surface area contributed by atoms with E-state index in [2.05, 4.69) is 20.6 Å². The third-order valence-electron chi connectivity index (χ3n) is 3.54. The highest BCUT2D eigenvalue weighted by atomic mass is 35.5. The first-order chi connectivity index (χ1) is 11.9. The molecule has 0 bridgehead atoms. The SMILES string of the molecule is Cc1cc(C)c(Nc2nccc(Nc3c(F)cccc3F)n2)c(Cl)c1. The van der Waals surface area contributed by atoms with E-state index in [4.69, 9.17) is 11.6 Å². The molecule has 0 aliphatic rings. The Hall–Kier alpha value is -2.73. The molecule has 128 valence electrons. The van der Waals surface area contributed by atoms with E-state index >= 15 is 0 Å². The number of nitrogens with zero attached hydrogens (tertiary/aromatic N) is 2. The summed E-state index contributed by atoms with van der Waals surface area (Å²) in [5.74, 6) is -0.894. The van der Waals surface area contributed by atoms with Crippen molar-refractivity contribution >= 4 is 34.7 Å². The Morgan fingerprint density at radius 2 is 1.68 bits per heavy atom. The summed E-state index contributed by atoms with van der Waals surface area (Å²) in [6.45, 7) is 3.87. The fraction of sp³-hybridized carbons (Fsp3) is 0.111. The van der Waals surface area contributed by atoms with E-state index in [1.807, 2.05) is 26.0 Å². The van der Waals surface area contributed by atoms with Crippen LogP contribution in [0.25, 0.3) is 0 Å². The maximum Gasteiger partial charge on any atom is 0.229 e. The highest BCUT2D eigenvalue weighted by Gasteiger charge is 2.11. The summed E-state index contributed by atoms with van der Waals surface area (Å²) in [4.78, 5) is 8.34. The van der Waals surface area contributed by atoms with Gasteiger partial charge in [0.15, 0.2) is 0 Å². The van der Waals surface area contributed by atoms with E-state index in [9.17, 15) is 8.78 Å². The van der Waals surface area contributed by atoms with Crippen LogP contribution in [-0.4, -0.2) is 9.97 Å². The number of benzene rings is 2. The number of hydrogen-bond donors (Lipinski definition) is 2. The maximum atomic E-state index is 13.7. The van der Waals surface area contributed by atoms with E-state index in [1.54, 1.807) is 0 Å². The Morgan fingerprint density at radius 3 is 2.36 bits per heavy atom. The van der Waals surface area contributed by atoms with Gasteiger partial charge in [0.05, 0.1) is 10.7 Å². The standard InChI is InChI=1S/C18H15ClF2N4/c1-10-8-11(2)16(12(19)9-10)25-18-22-7-6-15(24-18)23-17-13(20)4-3-5-14(17)21/h3-9H,1-2H3,(H2,22,23,24,25). The van der Waals surface area contributed by atoms with Crippen LogP contribution in [0, 0.1) is 25.5 Å². The van der Waals surface area contributed by atoms with Gasteiger partial charge in [-0.25, -0.2) is 13.8 Å². The molecule has 0 radical (unpaired) electrons. The van der Waals surface area contributed by atoms with Crippen LogP contribution in [0.3, 0.4) is 0 Å². The fourth-order valence-corrected chi connectivity index (χ4v) is 2.79. The molecule has 4 nitrogen and oxygen atoms in total. The second-order valence-electron chi connectivity index (χ2n) is 5.55. The van der Waals surface area contributed by atoms with Gasteiger partial charge in [0, 0.05) is 6.20 Å². The molecule has 0 fully saturated rings. The third kappa shape index (κ3) is 3.85. The Kier molecular flexibility index (Phi) is 4.81. The van der Waals surface area contributed by atoms with Crippen molar-refractivity contribution < 1.29 is 8.78 Å². The number of aryl methyl sites for hydroxylation is 2. The zero-order chi connectivity index (χ0) is 18.0. The summed E-state index contributed by atoms with van der Waals surface area (Å²) in [5, 5.41) is 6.21. The fourth-order valence-electron chi connectivity index (χ4n) is 2.42. The van der Waals surface area contributed by atoms with Crippen LogP contribution in [-0.2, 0) is 0 Å². The monoisotopic (exact) mass is 360 g/mol. The smallest absolute Gasteiger partial charge is 0.229 e. The van der Waals surface area contributed by atoms with Crippen molar-refractivity contribution in [2.24, 2.45) is 0 Å². The molecule has 2 aromatic carbocycles. The summed E-state index contributed by atoms with van der Waals surface area (Å²) in [6.07, 6.45) is 1.48. The molecular weight excluding hydrogens is 346 g/mol. The van der Waals surface area contributed by atoms with Gasteiger partial charge in [-0.3, -0.25) is 0 Å². The Labute approximate surface area is 148 Å². The van der Waals surface area contributed by atoms with Crippen molar-refractivity contribution in [1.29, 1.82) is 0 Å². The summed E-state index contributed by atoms with van der Waals surface area (Å²) >= 11 is 6.26. The van der Waals surface area contributed by atoms with E-state index < -0.39 is 11.6 Å². The lowest BCUT2D eigenvalue weighted by Crippen LogP contribution is -2.04. The molecule has 0 spiro atoms. The molecule has 0 saturated heterocycles. The normalized spacial score (nSPS) is 10.6. The van der Waals surface area contributed by atoms with Crippen LogP contribution >= 0.6 is 11.6 Å². The van der Waals surface area contributed by atoms with Crippen LogP contribution < -0.4 is 10.6 Å². The predicted octanol–water partition coefficient (Wildman–Crippen LogP) is 5.51. The summed E-state index contributed by atoms with van der Waals surface area (Å²) in [5.41, 5.74) is 2.39. The van der Waals surface area contributed by atoms with Gasteiger partial charge in [-0.1, -0.05) is 23.7 Å². The quantitative estimate of drug-likeness (QED) is 0.644. The lowest BCUT2D eigenvalue weighted by Gasteiger charge is -2.13. The van der Waals surface area contributed by atoms with Crippen molar-refractivity contribution in [3.8, 4) is 0 Å². The summed E-state index contributed by atoms with van der Waals surface area (Å²) < 4.78 is 27.5. The average molecular weight is 361 g/mol. The minimum Gasteiger partial charge on any atom is -0.335 e. The minimum atomic E-state index is -0.703. The van der Waals surface area contributed by atoms with E-state index in [0.29, 0.717) is 10.7 Å². The zero-order valence-electron chi connectivity index (χ0n) is 13.6. The minimum absolute atomic E-state index is 0.252. The van der Waals surface area contributed by atoms with Crippen LogP contribution in [0.15, 0.2) is 42.6 Å². The lowest BCUT2D eigenvalue weighted by atomic mass is 10.1. The number of para-hydroxylation sites is 1. The number of rotatable bonds is 4. The van der Waals surface area contributed by atoms with Gasteiger partial charge in [-0.05, 0) is 49.2 Å². The highest BCUT2D eigenvalue weighted by Crippen LogP contribution is 2.30. The molecule has 0 aliphatic carbocycles. The largest absolute Gasteiger partial charge is 0.335 e. The van der Waals surface area contributed by atoms with E-state index in [0.717, 1.165) is 11.1 Å². The zero-order valence-corrected chi connectivity index (χ0v) is 14.3. The molecule has 0 unspecified atom stereocenters. The second kappa shape index (κ2) is 7.03. The average Bonchev–Trinajstić information content (AvgIpc) is 2.55. The van der Waals surface area contributed by atoms with Crippen LogP contribution in [0.2, 0.25) is 5.02 Å². The van der Waals surface area contributed by atoms with Gasteiger partial charge in [0.25, 0.3) is 0 Å². The Balaban J connectivity index is 1.88. The van der Waals surface area contributed by atoms with Crippen LogP contribution in [0.4, 0.5) is 31.9 Å². The lowest BCUT2D eigenvalue weighted by molar-refractivity contribution is 0.590. The molecule has 25 heavy (non-hydrogen) atoms. The third-order valence-corrected chi connectivity index (χ3v) is 3.84. The van der Waals surface area contributed by atoms with Gasteiger partial charge in [0.1, 0.15) is 23.1 Å². The van der Waals surface area contributed by atoms with Crippen molar-refractivity contribution in [3.05, 3.63) is 70.4 Å². The van der Waals surface area contributed by atoms with Gasteiger partial charge in [-0.15, -0.1) is 0 Å². The van der Waals surface area contributed by atoms with Crippen molar-refractivity contribution in [2.45, 2.75) is 13.8 Å². The molecule has 3 aromatic rings. The Morgan fingerprint density at radius 1 is 0.960 bits per heavy atom. The van der Waals surface area contributed by atoms with Crippen molar-refractivity contribution in [1.82, 2.24) is 9.97 Å². The maximum absolute atomic E-state index is 13.7. The van der Waals surface area contributed by atoms with Crippen molar-refractivity contribution in [2.75, 3.05) is 10.6 Å². The number of hydrogen-bond acceptors (Lipinski definition) is 4. The number of anilines is 4. The Bertz CT molecular complexity index is 887. The topological polar surface area (TPSA) is 49.8 Å². The van der Waals surface area contributed by atoms with Gasteiger partial charge >= 0.3 is 0 Å². The molecule has 7 heteroatoms. The first-order valence-corrected chi connectivity index (χ1v) is 7.89. The van der Waals surface area contributed by atoms with Crippen molar-refractivity contribution in [3.63, 3.8) is 0 Å². The van der Waals surface area contributed by atoms with Crippen LogP contribution in [0.5, 0.6) is 0 Å². The van der Waals surface area contributed by atoms with Crippen LogP contribution in [0.1, 0.15) is 11.1 Å². The molecule has 0 atom stereocenters. The molecule has 2 N–H and O–H groups in total. The first kappa shape index (κ1) is 17.1.